The Balaban J connectivity index is 2.78. The predicted molar refractivity (Wildman–Crippen MR) is 35.5 cm³/mol. The number of rotatable bonds is 1. The van der Waals surface area contributed by atoms with Crippen LogP contribution in [0.3, 0.4) is 0 Å². The van der Waals surface area contributed by atoms with Crippen LogP contribution in [-0.4, -0.2) is 10.8 Å². The van der Waals surface area contributed by atoms with Crippen molar-refractivity contribution in [3.8, 4) is 0 Å². The molecule has 0 saturated carbocycles. The molecule has 1 heterocycles. The Bertz CT molecular complexity index is 181. The van der Waals surface area contributed by atoms with E-state index in [4.69, 9.17) is 11.6 Å². The van der Waals surface area contributed by atoms with Crippen LogP contribution in [0.1, 0.15) is 0 Å². The molecule has 1 rings (SSSR count). The second-order valence-corrected chi connectivity index (χ2v) is 2.68. The summed E-state index contributed by atoms with van der Waals surface area (Å²) in [6, 6.07) is 0. The minimum absolute atomic E-state index is 0.0108. The smallest absolute Gasteiger partial charge is 0.339 e. The Labute approximate surface area is 60.4 Å². The first kappa shape index (κ1) is 6.70. The molecule has 9 heavy (non-hydrogen) atoms. The summed E-state index contributed by atoms with van der Waals surface area (Å²) in [4.78, 5) is 9.52. The van der Waals surface area contributed by atoms with E-state index in [1.54, 1.807) is 0 Å². The molecule has 1 aliphatic rings. The molecule has 50 valence electrons. The predicted octanol–water partition coefficient (Wildman–Crippen LogP) is 0.922. The molecule has 0 atom stereocenters. The minimum Gasteiger partial charge on any atom is -0.360 e. The third kappa shape index (κ3) is 1.28. The van der Waals surface area contributed by atoms with Gasteiger partial charge in [0.15, 0.2) is 5.16 Å². The molecule has 0 radical (unpaired) electrons. The van der Waals surface area contributed by atoms with E-state index in [1.165, 1.54) is 0 Å². The maximum Gasteiger partial charge on any atom is 0.339 e. The van der Waals surface area contributed by atoms with Crippen molar-refractivity contribution in [2.24, 2.45) is 0 Å². The Morgan fingerprint density at radius 2 is 2.56 bits per heavy atom. The van der Waals surface area contributed by atoms with Crippen LogP contribution in [-0.2, 0) is 0 Å². The molecule has 6 heteroatoms. The van der Waals surface area contributed by atoms with Gasteiger partial charge in [-0.2, -0.15) is 0 Å². The number of hydrogen-bond donors (Lipinski definition) is 1. The van der Waals surface area contributed by atoms with Gasteiger partial charge in [-0.1, -0.05) is 11.6 Å². The van der Waals surface area contributed by atoms with E-state index in [-0.39, 0.29) is 10.2 Å². The molecule has 0 aromatic carbocycles. The Morgan fingerprint density at radius 1 is 1.89 bits per heavy atom. The molecule has 0 aromatic rings. The van der Waals surface area contributed by atoms with E-state index >= 15 is 0 Å². The van der Waals surface area contributed by atoms with Gasteiger partial charge in [0, 0.05) is 0 Å². The molecule has 0 aromatic heterocycles. The van der Waals surface area contributed by atoms with Crippen LogP contribution in [0.15, 0.2) is 10.2 Å². The Kier molecular flexibility index (Phi) is 1.82. The zero-order chi connectivity index (χ0) is 6.85. The lowest BCUT2D eigenvalue weighted by Gasteiger charge is -1.85. The number of halogens is 1. The second-order valence-electron chi connectivity index (χ2n) is 1.34. The maximum absolute atomic E-state index is 10.0. The monoisotopic (exact) mass is 166 g/mol. The van der Waals surface area contributed by atoms with Crippen LogP contribution < -0.4 is 5.32 Å². The molecular weight excluding hydrogens is 164 g/mol. The lowest BCUT2D eigenvalue weighted by Crippen LogP contribution is -2.01. The van der Waals surface area contributed by atoms with Crippen LogP contribution in [0, 0.1) is 10.1 Å². The van der Waals surface area contributed by atoms with Crippen molar-refractivity contribution in [1.82, 2.24) is 5.32 Å². The van der Waals surface area contributed by atoms with Crippen molar-refractivity contribution in [2.75, 3.05) is 5.88 Å². The van der Waals surface area contributed by atoms with Crippen molar-refractivity contribution in [2.45, 2.75) is 0 Å². The summed E-state index contributed by atoms with van der Waals surface area (Å²) in [5, 5.41) is 12.8. The number of nitrogens with zero attached hydrogens (tertiary/aromatic N) is 1. The van der Waals surface area contributed by atoms with Gasteiger partial charge in [0.05, 0.1) is 10.8 Å². The summed E-state index contributed by atoms with van der Waals surface area (Å²) < 4.78 is 0. The fraction of sp³-hybridized carbons (Fsp3) is 0.333. The number of nitro groups is 1. The number of thioether (sulfide) groups is 1. The Hall–Kier alpha value is -0.420. The standard InChI is InChI=1S/C3H3ClN2O2S/c4-2-3(6(7)8)9-1-5-2/h5H,1H2. The highest BCUT2D eigenvalue weighted by Gasteiger charge is 2.23. The summed E-state index contributed by atoms with van der Waals surface area (Å²) in [7, 11) is 0. The average Bonchev–Trinajstić information content (AvgIpc) is 2.13. The van der Waals surface area contributed by atoms with Crippen molar-refractivity contribution < 1.29 is 4.92 Å². The van der Waals surface area contributed by atoms with Crippen molar-refractivity contribution in [1.29, 1.82) is 0 Å². The van der Waals surface area contributed by atoms with Gasteiger partial charge in [0.1, 0.15) is 0 Å². The van der Waals surface area contributed by atoms with E-state index in [9.17, 15) is 10.1 Å². The fourth-order valence-electron chi connectivity index (χ4n) is 0.440. The summed E-state index contributed by atoms with van der Waals surface area (Å²) >= 11 is 6.48. The molecule has 0 fully saturated rings. The van der Waals surface area contributed by atoms with E-state index in [0.717, 1.165) is 11.8 Å². The Morgan fingerprint density at radius 3 is 2.78 bits per heavy atom. The first-order valence-corrected chi connectivity index (χ1v) is 3.49. The van der Waals surface area contributed by atoms with Crippen LogP contribution in [0.4, 0.5) is 0 Å². The van der Waals surface area contributed by atoms with Crippen LogP contribution >= 0.6 is 23.4 Å². The van der Waals surface area contributed by atoms with Gasteiger partial charge in [0.2, 0.25) is 0 Å². The third-order valence-electron chi connectivity index (χ3n) is 0.790. The van der Waals surface area contributed by atoms with E-state index in [1.807, 2.05) is 0 Å². The van der Waals surface area contributed by atoms with E-state index < -0.39 is 4.92 Å². The summed E-state index contributed by atoms with van der Waals surface area (Å²) in [6.45, 7) is 0. The highest BCUT2D eigenvalue weighted by molar-refractivity contribution is 8.03. The highest BCUT2D eigenvalue weighted by Crippen LogP contribution is 2.26. The van der Waals surface area contributed by atoms with Gasteiger partial charge < -0.3 is 5.32 Å². The van der Waals surface area contributed by atoms with Gasteiger partial charge >= 0.3 is 5.03 Å². The van der Waals surface area contributed by atoms with E-state index in [0.29, 0.717) is 5.88 Å². The lowest BCUT2D eigenvalue weighted by atomic mass is 10.9. The lowest BCUT2D eigenvalue weighted by molar-refractivity contribution is -0.410. The summed E-state index contributed by atoms with van der Waals surface area (Å²) in [6.07, 6.45) is 0. The largest absolute Gasteiger partial charge is 0.360 e. The molecule has 0 saturated heterocycles. The molecule has 1 aliphatic heterocycles. The molecule has 0 amide bonds. The SMILES string of the molecule is O=[N+]([O-])C1=C(Cl)NCS1. The van der Waals surface area contributed by atoms with Crippen LogP contribution in [0.5, 0.6) is 0 Å². The normalized spacial score (nSPS) is 17.9. The van der Waals surface area contributed by atoms with Crippen molar-refractivity contribution in [3.63, 3.8) is 0 Å². The van der Waals surface area contributed by atoms with Crippen LogP contribution in [0.2, 0.25) is 0 Å². The molecular formula is C3H3ClN2O2S. The zero-order valence-electron chi connectivity index (χ0n) is 4.26. The van der Waals surface area contributed by atoms with Gasteiger partial charge in [0.25, 0.3) is 0 Å². The van der Waals surface area contributed by atoms with Crippen molar-refractivity contribution in [3.05, 3.63) is 20.3 Å². The first-order chi connectivity index (χ1) is 4.22. The van der Waals surface area contributed by atoms with Gasteiger partial charge in [-0.05, 0) is 11.8 Å². The maximum atomic E-state index is 10.0. The quantitative estimate of drug-likeness (QED) is 0.358. The van der Waals surface area contributed by atoms with E-state index in [2.05, 4.69) is 5.32 Å². The van der Waals surface area contributed by atoms with Gasteiger partial charge in [-0.3, -0.25) is 10.1 Å². The number of nitrogens with one attached hydrogen (secondary N) is 1. The highest BCUT2D eigenvalue weighted by atomic mass is 35.5. The third-order valence-corrected chi connectivity index (χ3v) is 2.13. The molecule has 0 bridgehead atoms. The van der Waals surface area contributed by atoms with Gasteiger partial charge in [-0.25, -0.2) is 0 Å². The van der Waals surface area contributed by atoms with Gasteiger partial charge in [-0.15, -0.1) is 0 Å². The molecule has 0 aliphatic carbocycles. The molecule has 1 N–H and O–H groups in total. The minimum atomic E-state index is -0.493. The topological polar surface area (TPSA) is 55.2 Å². The van der Waals surface area contributed by atoms with Crippen LogP contribution in [0.25, 0.3) is 0 Å². The molecule has 0 spiro atoms. The summed E-state index contributed by atoms with van der Waals surface area (Å²) in [5.74, 6) is 0.495. The first-order valence-electron chi connectivity index (χ1n) is 2.12. The average molecular weight is 167 g/mol. The van der Waals surface area contributed by atoms with Crippen molar-refractivity contribution >= 4 is 23.4 Å². The summed E-state index contributed by atoms with van der Waals surface area (Å²) in [5.41, 5.74) is 0. The second kappa shape index (κ2) is 2.45. The molecule has 4 nitrogen and oxygen atoms in total. The zero-order valence-corrected chi connectivity index (χ0v) is 5.83. The number of hydrogen-bond acceptors (Lipinski definition) is 4. The fourth-order valence-corrected chi connectivity index (χ4v) is 1.48. The molecule has 0 unspecified atom stereocenters.